The Morgan fingerprint density at radius 2 is 2.53 bits per heavy atom. The van der Waals surface area contributed by atoms with Crippen LogP contribution in [0.3, 0.4) is 0 Å². The zero-order valence-electron chi connectivity index (χ0n) is 9.94. The lowest BCUT2D eigenvalue weighted by molar-refractivity contribution is 0.0508. The van der Waals surface area contributed by atoms with Crippen molar-refractivity contribution in [2.24, 2.45) is 5.92 Å². The molecule has 1 atom stereocenters. The van der Waals surface area contributed by atoms with Crippen LogP contribution in [-0.2, 0) is 11.2 Å². The van der Waals surface area contributed by atoms with Crippen LogP contribution in [0.2, 0.25) is 0 Å². The second kappa shape index (κ2) is 5.77. The van der Waals surface area contributed by atoms with E-state index < -0.39 is 5.97 Å². The van der Waals surface area contributed by atoms with Gasteiger partial charge in [0.1, 0.15) is 0 Å². The molecule has 0 aromatic carbocycles. The monoisotopic (exact) mass is 239 g/mol. The fourth-order valence-corrected chi connectivity index (χ4v) is 1.96. The minimum Gasteiger partial charge on any atom is -0.460 e. The maximum atomic E-state index is 11.3. The van der Waals surface area contributed by atoms with Gasteiger partial charge in [0.05, 0.1) is 6.61 Å². The normalized spacial score (nSPS) is 20.2. The third-order valence-electron chi connectivity index (χ3n) is 2.79. The van der Waals surface area contributed by atoms with Crippen molar-refractivity contribution in [3.05, 3.63) is 11.7 Å². The van der Waals surface area contributed by atoms with Crippen LogP contribution in [0.1, 0.15) is 36.3 Å². The molecule has 1 unspecified atom stereocenters. The number of ether oxygens (including phenoxy) is 1. The van der Waals surface area contributed by atoms with Crippen LogP contribution in [0.4, 0.5) is 0 Å². The highest BCUT2D eigenvalue weighted by molar-refractivity contribution is 5.84. The molecule has 17 heavy (non-hydrogen) atoms. The third-order valence-corrected chi connectivity index (χ3v) is 2.79. The van der Waals surface area contributed by atoms with Crippen molar-refractivity contribution >= 4 is 5.97 Å². The van der Waals surface area contributed by atoms with E-state index in [-0.39, 0.29) is 5.82 Å². The van der Waals surface area contributed by atoms with Gasteiger partial charge >= 0.3 is 5.97 Å². The van der Waals surface area contributed by atoms with Gasteiger partial charge in [0, 0.05) is 6.42 Å². The molecular weight excluding hydrogens is 222 g/mol. The molecule has 0 aliphatic carbocycles. The van der Waals surface area contributed by atoms with Gasteiger partial charge in [-0.05, 0) is 43.9 Å². The molecule has 1 aromatic heterocycles. The Hall–Kier alpha value is -1.43. The van der Waals surface area contributed by atoms with Crippen LogP contribution >= 0.6 is 0 Å². The van der Waals surface area contributed by atoms with E-state index in [1.54, 1.807) is 6.92 Å². The predicted octanol–water partition coefficient (Wildman–Crippen LogP) is 0.788. The van der Waals surface area contributed by atoms with Crippen molar-refractivity contribution < 1.29 is 14.1 Å². The van der Waals surface area contributed by atoms with Crippen molar-refractivity contribution in [1.82, 2.24) is 15.5 Å². The summed E-state index contributed by atoms with van der Waals surface area (Å²) in [5.41, 5.74) is 0. The van der Waals surface area contributed by atoms with Crippen LogP contribution in [0.5, 0.6) is 0 Å². The van der Waals surface area contributed by atoms with Crippen molar-refractivity contribution in [2.75, 3.05) is 19.7 Å². The first-order valence-corrected chi connectivity index (χ1v) is 6.00. The number of piperidine rings is 1. The highest BCUT2D eigenvalue weighted by Gasteiger charge is 2.20. The van der Waals surface area contributed by atoms with Crippen molar-refractivity contribution in [2.45, 2.75) is 26.2 Å². The van der Waals surface area contributed by atoms with E-state index in [0.717, 1.165) is 25.9 Å². The molecule has 1 fully saturated rings. The summed E-state index contributed by atoms with van der Waals surface area (Å²) < 4.78 is 9.84. The Labute approximate surface area is 99.7 Å². The summed E-state index contributed by atoms with van der Waals surface area (Å²) in [6.45, 7) is 4.10. The quantitative estimate of drug-likeness (QED) is 0.783. The number of carbonyl (C=O) groups is 1. The molecule has 2 rings (SSSR count). The fourth-order valence-electron chi connectivity index (χ4n) is 1.96. The fraction of sp³-hybridized carbons (Fsp3) is 0.727. The summed E-state index contributed by atoms with van der Waals surface area (Å²) in [7, 11) is 0. The molecule has 1 aliphatic heterocycles. The molecule has 1 aliphatic rings. The van der Waals surface area contributed by atoms with Gasteiger partial charge in [-0.3, -0.25) is 0 Å². The molecule has 0 spiro atoms. The first kappa shape index (κ1) is 12.0. The van der Waals surface area contributed by atoms with Crippen molar-refractivity contribution in [3.63, 3.8) is 0 Å². The largest absolute Gasteiger partial charge is 0.460 e. The summed E-state index contributed by atoms with van der Waals surface area (Å²) in [6, 6.07) is 0. The first-order valence-electron chi connectivity index (χ1n) is 6.00. The van der Waals surface area contributed by atoms with E-state index in [0.29, 0.717) is 18.4 Å². The van der Waals surface area contributed by atoms with E-state index in [1.807, 2.05) is 0 Å². The maximum absolute atomic E-state index is 11.3. The summed E-state index contributed by atoms with van der Waals surface area (Å²) >= 11 is 0. The van der Waals surface area contributed by atoms with E-state index in [2.05, 4.69) is 15.5 Å². The average molecular weight is 239 g/mol. The van der Waals surface area contributed by atoms with Crippen LogP contribution in [-0.4, -0.2) is 35.8 Å². The number of carbonyl (C=O) groups excluding carboxylic acids is 1. The highest BCUT2D eigenvalue weighted by Crippen LogP contribution is 2.15. The van der Waals surface area contributed by atoms with Crippen molar-refractivity contribution in [1.29, 1.82) is 0 Å². The zero-order valence-corrected chi connectivity index (χ0v) is 9.94. The van der Waals surface area contributed by atoms with Gasteiger partial charge in [-0.2, -0.15) is 4.98 Å². The van der Waals surface area contributed by atoms with Crippen molar-refractivity contribution in [3.8, 4) is 0 Å². The Morgan fingerprint density at radius 1 is 1.65 bits per heavy atom. The zero-order chi connectivity index (χ0) is 12.1. The molecule has 0 radical (unpaired) electrons. The van der Waals surface area contributed by atoms with Gasteiger partial charge in [0.2, 0.25) is 5.89 Å². The number of nitrogens with one attached hydrogen (secondary N) is 1. The number of hydrogen-bond donors (Lipinski definition) is 1. The topological polar surface area (TPSA) is 77.2 Å². The summed E-state index contributed by atoms with van der Waals surface area (Å²) in [5.74, 6) is 0.524. The first-order chi connectivity index (χ1) is 8.29. The average Bonchev–Trinajstić information content (AvgIpc) is 2.79. The summed E-state index contributed by atoms with van der Waals surface area (Å²) in [4.78, 5) is 15.4. The Bertz CT molecular complexity index is 372. The Morgan fingerprint density at radius 3 is 3.24 bits per heavy atom. The summed E-state index contributed by atoms with van der Waals surface area (Å²) in [6.07, 6.45) is 3.05. The van der Waals surface area contributed by atoms with Gasteiger partial charge in [-0.15, -0.1) is 0 Å². The molecule has 0 saturated carbocycles. The molecule has 1 aromatic rings. The van der Waals surface area contributed by atoms with Gasteiger partial charge in [0.25, 0.3) is 5.82 Å². The van der Waals surface area contributed by atoms with E-state index in [4.69, 9.17) is 9.26 Å². The molecule has 0 amide bonds. The lowest BCUT2D eigenvalue weighted by Crippen LogP contribution is -2.30. The lowest BCUT2D eigenvalue weighted by atomic mass is 9.96. The number of rotatable bonds is 4. The minimum absolute atomic E-state index is 0.0191. The highest BCUT2D eigenvalue weighted by atomic mass is 16.5. The number of aromatic nitrogens is 2. The molecule has 0 bridgehead atoms. The number of esters is 1. The Balaban J connectivity index is 1.91. The molecule has 6 heteroatoms. The second-order valence-corrected chi connectivity index (χ2v) is 4.15. The minimum atomic E-state index is -0.524. The van der Waals surface area contributed by atoms with Gasteiger partial charge in [0.15, 0.2) is 0 Å². The van der Waals surface area contributed by atoms with Gasteiger partial charge in [-0.1, -0.05) is 0 Å². The van der Waals surface area contributed by atoms with Crippen LogP contribution in [0.15, 0.2) is 4.52 Å². The molecule has 2 heterocycles. The third kappa shape index (κ3) is 3.26. The van der Waals surface area contributed by atoms with Crippen LogP contribution in [0, 0.1) is 5.92 Å². The second-order valence-electron chi connectivity index (χ2n) is 4.15. The molecule has 1 saturated heterocycles. The maximum Gasteiger partial charge on any atom is 0.379 e. The standard InChI is InChI=1S/C11H17N3O3/c1-2-16-11(15)10-13-9(17-14-10)6-8-4-3-5-12-7-8/h8,12H,2-7H2,1H3. The molecule has 1 N–H and O–H groups in total. The number of nitrogens with zero attached hydrogens (tertiary/aromatic N) is 2. The SMILES string of the molecule is CCOC(=O)c1noc(CC2CCCNC2)n1. The number of hydrogen-bond acceptors (Lipinski definition) is 6. The molecular formula is C11H17N3O3. The van der Waals surface area contributed by atoms with E-state index in [1.165, 1.54) is 6.42 Å². The van der Waals surface area contributed by atoms with Gasteiger partial charge in [-0.25, -0.2) is 4.79 Å². The molecule has 94 valence electrons. The molecule has 6 nitrogen and oxygen atoms in total. The van der Waals surface area contributed by atoms with E-state index in [9.17, 15) is 4.79 Å². The van der Waals surface area contributed by atoms with Gasteiger partial charge < -0.3 is 14.6 Å². The smallest absolute Gasteiger partial charge is 0.379 e. The Kier molecular flexibility index (Phi) is 4.08. The predicted molar refractivity (Wildman–Crippen MR) is 59.6 cm³/mol. The van der Waals surface area contributed by atoms with E-state index >= 15 is 0 Å². The summed E-state index contributed by atoms with van der Waals surface area (Å²) in [5, 5.41) is 6.94. The van der Waals surface area contributed by atoms with Crippen LogP contribution in [0.25, 0.3) is 0 Å². The van der Waals surface area contributed by atoms with Crippen LogP contribution < -0.4 is 5.32 Å². The lowest BCUT2D eigenvalue weighted by Gasteiger charge is -2.20.